The predicted molar refractivity (Wildman–Crippen MR) is 91.3 cm³/mol. The molecule has 0 spiro atoms. The van der Waals surface area contributed by atoms with Crippen molar-refractivity contribution in [2.75, 3.05) is 12.4 Å². The molecule has 5 nitrogen and oxygen atoms in total. The first-order chi connectivity index (χ1) is 11.5. The highest BCUT2D eigenvalue weighted by molar-refractivity contribution is 7.85. The zero-order valence-corrected chi connectivity index (χ0v) is 14.0. The number of ether oxygens (including phenoxy) is 1. The molecule has 6 heteroatoms. The van der Waals surface area contributed by atoms with Gasteiger partial charge in [0.1, 0.15) is 5.92 Å². The number of rotatable bonds is 8. The van der Waals surface area contributed by atoms with Gasteiger partial charge in [-0.1, -0.05) is 60.7 Å². The van der Waals surface area contributed by atoms with Crippen LogP contribution in [0.15, 0.2) is 60.7 Å². The van der Waals surface area contributed by atoms with E-state index in [1.54, 1.807) is 0 Å². The summed E-state index contributed by atoms with van der Waals surface area (Å²) in [5.41, 5.74) is 1.68. The van der Waals surface area contributed by atoms with E-state index in [9.17, 15) is 13.2 Å². The summed E-state index contributed by atoms with van der Waals surface area (Å²) in [6.45, 7) is 0.116. The van der Waals surface area contributed by atoms with Gasteiger partial charge in [-0.15, -0.1) is 0 Å². The van der Waals surface area contributed by atoms with Crippen LogP contribution in [0.1, 0.15) is 29.9 Å². The molecule has 0 heterocycles. The molecule has 2 rings (SSSR count). The fourth-order valence-electron chi connectivity index (χ4n) is 2.40. The van der Waals surface area contributed by atoms with Crippen molar-refractivity contribution in [1.82, 2.24) is 0 Å². The molecule has 128 valence electrons. The van der Waals surface area contributed by atoms with E-state index in [4.69, 9.17) is 9.29 Å². The summed E-state index contributed by atoms with van der Waals surface area (Å²) in [5.74, 6) is -1.22. The smallest absolute Gasteiger partial charge is 0.317 e. The average molecular weight is 348 g/mol. The normalized spacial score (nSPS) is 11.4. The summed E-state index contributed by atoms with van der Waals surface area (Å²) in [5, 5.41) is 0. The van der Waals surface area contributed by atoms with Gasteiger partial charge in [-0.25, -0.2) is 0 Å². The van der Waals surface area contributed by atoms with Crippen molar-refractivity contribution in [1.29, 1.82) is 0 Å². The number of hydrogen-bond acceptors (Lipinski definition) is 4. The summed E-state index contributed by atoms with van der Waals surface area (Å²) in [4.78, 5) is 12.5. The standard InChI is InChI=1S/C18H20O5S/c19-18(23-13-7-8-14-24(20,21)22)17(15-9-3-1-4-10-15)16-11-5-2-6-12-16/h1-6,9-12,17H,7-8,13-14H2,(H,20,21,22). The summed E-state index contributed by atoms with van der Waals surface area (Å²) >= 11 is 0. The SMILES string of the molecule is O=C(OCCCCS(=O)(=O)O)C(c1ccccc1)c1ccccc1. The minimum Gasteiger partial charge on any atom is -0.465 e. The molecule has 2 aromatic rings. The van der Waals surface area contributed by atoms with E-state index >= 15 is 0 Å². The van der Waals surface area contributed by atoms with Crippen molar-refractivity contribution in [2.24, 2.45) is 0 Å². The summed E-state index contributed by atoms with van der Waals surface area (Å²) in [6, 6.07) is 18.7. The molecule has 0 amide bonds. The van der Waals surface area contributed by atoms with E-state index in [2.05, 4.69) is 0 Å². The van der Waals surface area contributed by atoms with Crippen LogP contribution in [-0.2, 0) is 19.6 Å². The van der Waals surface area contributed by atoms with Crippen LogP contribution in [-0.4, -0.2) is 31.3 Å². The van der Waals surface area contributed by atoms with Crippen LogP contribution >= 0.6 is 0 Å². The van der Waals surface area contributed by atoms with Crippen molar-refractivity contribution < 1.29 is 22.5 Å². The highest BCUT2D eigenvalue weighted by atomic mass is 32.2. The van der Waals surface area contributed by atoms with Gasteiger partial charge in [-0.05, 0) is 24.0 Å². The molecule has 0 saturated carbocycles. The highest BCUT2D eigenvalue weighted by Crippen LogP contribution is 2.26. The maximum atomic E-state index is 12.5. The third-order valence-electron chi connectivity index (χ3n) is 3.54. The van der Waals surface area contributed by atoms with Gasteiger partial charge < -0.3 is 4.74 Å². The molecule has 1 N–H and O–H groups in total. The lowest BCUT2D eigenvalue weighted by Crippen LogP contribution is -2.18. The van der Waals surface area contributed by atoms with Gasteiger partial charge in [0, 0.05) is 0 Å². The van der Waals surface area contributed by atoms with Crippen LogP contribution in [0.3, 0.4) is 0 Å². The van der Waals surface area contributed by atoms with E-state index in [0.29, 0.717) is 6.42 Å². The highest BCUT2D eigenvalue weighted by Gasteiger charge is 2.23. The first-order valence-corrected chi connectivity index (χ1v) is 9.30. The third kappa shape index (κ3) is 5.79. The molecule has 0 aliphatic rings. The van der Waals surface area contributed by atoms with E-state index in [-0.39, 0.29) is 24.7 Å². The Morgan fingerprint density at radius 1 is 0.917 bits per heavy atom. The monoisotopic (exact) mass is 348 g/mol. The lowest BCUT2D eigenvalue weighted by molar-refractivity contribution is -0.144. The summed E-state index contributed by atoms with van der Waals surface area (Å²) in [6.07, 6.45) is 0.620. The van der Waals surface area contributed by atoms with Crippen LogP contribution in [0.5, 0.6) is 0 Å². The molecule has 0 saturated heterocycles. The minimum absolute atomic E-state index is 0.116. The van der Waals surface area contributed by atoms with Crippen LogP contribution in [0.25, 0.3) is 0 Å². The van der Waals surface area contributed by atoms with E-state index < -0.39 is 16.0 Å². The molecule has 0 aliphatic carbocycles. The molecule has 0 unspecified atom stereocenters. The van der Waals surface area contributed by atoms with Gasteiger partial charge in [0.15, 0.2) is 0 Å². The van der Waals surface area contributed by atoms with Crippen LogP contribution in [0.2, 0.25) is 0 Å². The van der Waals surface area contributed by atoms with Gasteiger partial charge in [0.05, 0.1) is 12.4 Å². The lowest BCUT2D eigenvalue weighted by Gasteiger charge is -2.17. The molecular weight excluding hydrogens is 328 g/mol. The number of esters is 1. The molecule has 0 bridgehead atoms. The molecule has 2 aromatic carbocycles. The summed E-state index contributed by atoms with van der Waals surface area (Å²) in [7, 11) is -3.97. The molecule has 0 atom stereocenters. The second kappa shape index (κ2) is 8.61. The number of hydrogen-bond donors (Lipinski definition) is 1. The Morgan fingerprint density at radius 2 is 1.42 bits per heavy atom. The maximum Gasteiger partial charge on any atom is 0.317 e. The second-order valence-electron chi connectivity index (χ2n) is 5.42. The molecule has 0 aromatic heterocycles. The largest absolute Gasteiger partial charge is 0.465 e. The molecule has 0 aliphatic heterocycles. The number of benzene rings is 2. The Hall–Kier alpha value is -2.18. The zero-order chi connectivity index (χ0) is 17.4. The van der Waals surface area contributed by atoms with Crippen molar-refractivity contribution in [3.8, 4) is 0 Å². The Labute approximate surface area is 142 Å². The van der Waals surface area contributed by atoms with E-state index in [1.165, 1.54) is 0 Å². The van der Waals surface area contributed by atoms with Gasteiger partial charge in [-0.3, -0.25) is 9.35 Å². The fourth-order valence-corrected chi connectivity index (χ4v) is 2.97. The predicted octanol–water partition coefficient (Wildman–Crippen LogP) is 3.03. The number of unbranched alkanes of at least 4 members (excludes halogenated alkanes) is 1. The molecular formula is C18H20O5S. The summed E-state index contributed by atoms with van der Waals surface area (Å²) < 4.78 is 35.3. The van der Waals surface area contributed by atoms with E-state index in [1.807, 2.05) is 60.7 Å². The van der Waals surface area contributed by atoms with E-state index in [0.717, 1.165) is 11.1 Å². The van der Waals surface area contributed by atoms with Gasteiger partial charge in [0.25, 0.3) is 10.1 Å². The topological polar surface area (TPSA) is 80.7 Å². The third-order valence-corrected chi connectivity index (χ3v) is 4.35. The maximum absolute atomic E-state index is 12.5. The van der Waals surface area contributed by atoms with Gasteiger partial charge >= 0.3 is 5.97 Å². The fraction of sp³-hybridized carbons (Fsp3) is 0.278. The van der Waals surface area contributed by atoms with Gasteiger partial charge in [-0.2, -0.15) is 8.42 Å². The number of carbonyl (C=O) groups excluding carboxylic acids is 1. The lowest BCUT2D eigenvalue weighted by atomic mass is 9.91. The quantitative estimate of drug-likeness (QED) is 0.450. The first kappa shape index (κ1) is 18.2. The van der Waals surface area contributed by atoms with Crippen molar-refractivity contribution >= 4 is 16.1 Å². The minimum atomic E-state index is -3.97. The van der Waals surface area contributed by atoms with Crippen molar-refractivity contribution in [3.05, 3.63) is 71.8 Å². The number of carbonyl (C=O) groups is 1. The zero-order valence-electron chi connectivity index (χ0n) is 13.2. The Morgan fingerprint density at radius 3 is 1.88 bits per heavy atom. The van der Waals surface area contributed by atoms with Crippen molar-refractivity contribution in [2.45, 2.75) is 18.8 Å². The Kier molecular flexibility index (Phi) is 6.52. The first-order valence-electron chi connectivity index (χ1n) is 7.69. The Balaban J connectivity index is 2.01. The van der Waals surface area contributed by atoms with Crippen LogP contribution in [0, 0.1) is 0 Å². The van der Waals surface area contributed by atoms with Crippen molar-refractivity contribution in [3.63, 3.8) is 0 Å². The second-order valence-corrected chi connectivity index (χ2v) is 6.99. The molecule has 0 radical (unpaired) electrons. The van der Waals surface area contributed by atoms with Gasteiger partial charge in [0.2, 0.25) is 0 Å². The van der Waals surface area contributed by atoms with Crippen LogP contribution in [0.4, 0.5) is 0 Å². The molecule has 0 fully saturated rings. The van der Waals surface area contributed by atoms with Crippen LogP contribution < -0.4 is 0 Å². The molecule has 24 heavy (non-hydrogen) atoms. The average Bonchev–Trinajstić information content (AvgIpc) is 2.56. The Bertz CT molecular complexity index is 702.